The van der Waals surface area contributed by atoms with Crippen molar-refractivity contribution in [2.75, 3.05) is 0 Å². The maximum absolute atomic E-state index is 12.4. The van der Waals surface area contributed by atoms with Gasteiger partial charge < -0.3 is 0 Å². The third-order valence-electron chi connectivity index (χ3n) is 1.78. The molecule has 0 aromatic heterocycles. The summed E-state index contributed by atoms with van der Waals surface area (Å²) in [5.41, 5.74) is 1.35. The minimum Gasteiger partial charge on any atom is -0.298 e. The molecule has 1 rings (SSSR count). The van der Waals surface area contributed by atoms with E-state index >= 15 is 0 Å². The molecule has 1 atom stereocenters. The normalized spacial score (nSPS) is 12.6. The first-order valence-electron chi connectivity index (χ1n) is 4.04. The van der Waals surface area contributed by atoms with Gasteiger partial charge in [0.25, 0.3) is 0 Å². The number of carbonyl (C=O) groups excluding carboxylic acids is 1. The molecule has 0 saturated carbocycles. The molecular weight excluding hydrogens is 315 g/mol. The summed E-state index contributed by atoms with van der Waals surface area (Å²) in [5, 5.41) is 0. The summed E-state index contributed by atoms with van der Waals surface area (Å²) in [5.74, 6) is 0.00732. The summed E-state index contributed by atoms with van der Waals surface area (Å²) >= 11 is 6.53. The molecule has 0 aliphatic rings. The van der Waals surface area contributed by atoms with E-state index in [4.69, 9.17) is 0 Å². The van der Waals surface area contributed by atoms with Gasteiger partial charge in [-0.3, -0.25) is 4.79 Å². The molecule has 0 aliphatic heterocycles. The fourth-order valence-corrected chi connectivity index (χ4v) is 1.96. The van der Waals surface area contributed by atoms with Crippen LogP contribution in [0.5, 0.6) is 0 Å². The molecule has 0 saturated heterocycles. The molecule has 0 radical (unpaired) electrons. The average molecular weight is 324 g/mol. The summed E-state index contributed by atoms with van der Waals surface area (Å²) in [6.45, 7) is 0.972. The number of hydrogen-bond donors (Lipinski definition) is 0. The fourth-order valence-electron chi connectivity index (χ4n) is 1.13. The van der Waals surface area contributed by atoms with E-state index in [-0.39, 0.29) is 10.6 Å². The molecule has 4 heteroatoms. The van der Waals surface area contributed by atoms with Gasteiger partial charge in [0.05, 0.1) is 4.83 Å². The van der Waals surface area contributed by atoms with Gasteiger partial charge in [0.2, 0.25) is 0 Å². The zero-order chi connectivity index (χ0) is 10.7. The summed E-state index contributed by atoms with van der Waals surface area (Å²) in [7, 11) is 0. The number of halogens is 3. The van der Waals surface area contributed by atoms with Gasteiger partial charge in [0.15, 0.2) is 0 Å². The minimum absolute atomic E-state index is 0.00732. The molecule has 0 spiro atoms. The van der Waals surface area contributed by atoms with E-state index in [1.807, 2.05) is 0 Å². The number of Topliss-reactive ketones (excluding diaryl/α,β-unsaturated/α-hetero) is 1. The highest BCUT2D eigenvalue weighted by Crippen LogP contribution is 2.27. The molecule has 0 aliphatic carbocycles. The molecule has 0 amide bonds. The van der Waals surface area contributed by atoms with Gasteiger partial charge in [0.1, 0.15) is 12.5 Å². The van der Waals surface area contributed by atoms with Crippen molar-refractivity contribution in [1.29, 1.82) is 0 Å². The average Bonchev–Trinajstić information content (AvgIpc) is 2.15. The lowest BCUT2D eigenvalue weighted by atomic mass is 10.1. The van der Waals surface area contributed by atoms with Crippen LogP contribution >= 0.6 is 31.9 Å². The Morgan fingerprint density at radius 1 is 1.50 bits per heavy atom. The number of benzene rings is 1. The smallest absolute Gasteiger partial charge is 0.147 e. The van der Waals surface area contributed by atoms with E-state index in [0.29, 0.717) is 5.56 Å². The predicted octanol–water partition coefficient (Wildman–Crippen LogP) is 3.94. The number of hydrogen-bond acceptors (Lipinski definition) is 1. The van der Waals surface area contributed by atoms with Crippen molar-refractivity contribution in [2.45, 2.75) is 18.4 Å². The third-order valence-corrected chi connectivity index (χ3v) is 3.42. The summed E-state index contributed by atoms with van der Waals surface area (Å²) in [6, 6.07) is 5.19. The van der Waals surface area contributed by atoms with Crippen LogP contribution in [0.4, 0.5) is 4.39 Å². The van der Waals surface area contributed by atoms with Crippen molar-refractivity contribution in [3.63, 3.8) is 0 Å². The molecule has 0 fully saturated rings. The molecule has 1 aromatic carbocycles. The molecule has 1 unspecified atom stereocenters. The van der Waals surface area contributed by atoms with Crippen LogP contribution in [0.25, 0.3) is 0 Å². The standard InChI is InChI=1S/C10H9Br2FO/c1-6(14)10(12)8-2-7(5-13)3-9(11)4-8/h2-4,10H,5H2,1H3. The Bertz CT molecular complexity index is 352. The SMILES string of the molecule is CC(=O)C(Br)c1cc(Br)cc(CF)c1. The van der Waals surface area contributed by atoms with Crippen LogP contribution in [0.3, 0.4) is 0 Å². The van der Waals surface area contributed by atoms with Gasteiger partial charge in [0, 0.05) is 4.47 Å². The third kappa shape index (κ3) is 2.89. The van der Waals surface area contributed by atoms with Gasteiger partial charge >= 0.3 is 0 Å². The number of rotatable bonds is 3. The lowest BCUT2D eigenvalue weighted by Gasteiger charge is -2.08. The molecule has 1 nitrogen and oxygen atoms in total. The van der Waals surface area contributed by atoms with E-state index in [9.17, 15) is 9.18 Å². The van der Waals surface area contributed by atoms with Gasteiger partial charge in [-0.1, -0.05) is 37.9 Å². The van der Waals surface area contributed by atoms with E-state index in [1.165, 1.54) is 6.92 Å². The number of ketones is 1. The highest BCUT2D eigenvalue weighted by atomic mass is 79.9. The van der Waals surface area contributed by atoms with Crippen molar-refractivity contribution in [3.05, 3.63) is 33.8 Å². The maximum Gasteiger partial charge on any atom is 0.147 e. The monoisotopic (exact) mass is 322 g/mol. The maximum atomic E-state index is 12.4. The van der Waals surface area contributed by atoms with E-state index in [2.05, 4.69) is 31.9 Å². The lowest BCUT2D eigenvalue weighted by Crippen LogP contribution is -2.01. The quantitative estimate of drug-likeness (QED) is 0.770. The van der Waals surface area contributed by atoms with Gasteiger partial charge in [-0.15, -0.1) is 0 Å². The first kappa shape index (κ1) is 11.9. The van der Waals surface area contributed by atoms with Crippen LogP contribution in [-0.4, -0.2) is 5.78 Å². The number of alkyl halides is 2. The first-order valence-corrected chi connectivity index (χ1v) is 5.75. The van der Waals surface area contributed by atoms with Crippen LogP contribution in [0, 0.1) is 0 Å². The topological polar surface area (TPSA) is 17.1 Å². The summed E-state index contributed by atoms with van der Waals surface area (Å²) in [4.78, 5) is 10.7. The Morgan fingerprint density at radius 2 is 2.14 bits per heavy atom. The van der Waals surface area contributed by atoms with Crippen molar-refractivity contribution in [3.8, 4) is 0 Å². The Morgan fingerprint density at radius 3 is 2.64 bits per heavy atom. The second kappa shape index (κ2) is 5.03. The highest BCUT2D eigenvalue weighted by molar-refractivity contribution is 9.10. The van der Waals surface area contributed by atoms with Crippen LogP contribution in [0.15, 0.2) is 22.7 Å². The second-order valence-electron chi connectivity index (χ2n) is 3.00. The highest BCUT2D eigenvalue weighted by Gasteiger charge is 2.13. The summed E-state index contributed by atoms with van der Waals surface area (Å²) in [6.07, 6.45) is 0. The minimum atomic E-state index is -0.524. The molecule has 0 bridgehead atoms. The second-order valence-corrected chi connectivity index (χ2v) is 4.83. The lowest BCUT2D eigenvalue weighted by molar-refractivity contribution is -0.116. The van der Waals surface area contributed by atoms with Crippen molar-refractivity contribution < 1.29 is 9.18 Å². The fraction of sp³-hybridized carbons (Fsp3) is 0.300. The van der Waals surface area contributed by atoms with Crippen molar-refractivity contribution in [1.82, 2.24) is 0 Å². The van der Waals surface area contributed by atoms with E-state index in [1.54, 1.807) is 18.2 Å². The largest absolute Gasteiger partial charge is 0.298 e. The first-order chi connectivity index (χ1) is 6.54. The van der Waals surface area contributed by atoms with Gasteiger partial charge in [-0.25, -0.2) is 4.39 Å². The predicted molar refractivity (Wildman–Crippen MR) is 61.3 cm³/mol. The van der Waals surface area contributed by atoms with E-state index in [0.717, 1.165) is 10.0 Å². The Labute approximate surface area is 99.0 Å². The van der Waals surface area contributed by atoms with Gasteiger partial charge in [-0.2, -0.15) is 0 Å². The number of carbonyl (C=O) groups is 1. The van der Waals surface area contributed by atoms with Crippen LogP contribution in [0.2, 0.25) is 0 Å². The summed E-state index contributed by atoms with van der Waals surface area (Å²) < 4.78 is 13.2. The molecule has 76 valence electrons. The van der Waals surface area contributed by atoms with Gasteiger partial charge in [-0.05, 0) is 30.2 Å². The molecule has 0 N–H and O–H groups in total. The van der Waals surface area contributed by atoms with E-state index < -0.39 is 6.67 Å². The zero-order valence-electron chi connectivity index (χ0n) is 7.56. The van der Waals surface area contributed by atoms with Crippen molar-refractivity contribution in [2.24, 2.45) is 0 Å². The molecule has 14 heavy (non-hydrogen) atoms. The Balaban J connectivity index is 3.08. The van der Waals surface area contributed by atoms with Crippen LogP contribution in [-0.2, 0) is 11.5 Å². The van der Waals surface area contributed by atoms with Crippen molar-refractivity contribution >= 4 is 37.6 Å². The van der Waals surface area contributed by atoms with Crippen LogP contribution < -0.4 is 0 Å². The molecular formula is C10H9Br2FO. The molecule has 0 heterocycles. The van der Waals surface area contributed by atoms with Crippen LogP contribution in [0.1, 0.15) is 22.9 Å². The molecule has 1 aromatic rings. The Hall–Kier alpha value is -0.220. The Kier molecular flexibility index (Phi) is 4.26. The zero-order valence-corrected chi connectivity index (χ0v) is 10.7.